The van der Waals surface area contributed by atoms with Gasteiger partial charge < -0.3 is 14.6 Å². The summed E-state index contributed by atoms with van der Waals surface area (Å²) in [6, 6.07) is 23.1. The van der Waals surface area contributed by atoms with Crippen molar-refractivity contribution in [2.75, 3.05) is 11.9 Å². The van der Waals surface area contributed by atoms with Crippen molar-refractivity contribution >= 4 is 34.3 Å². The molecule has 4 aromatic rings. The molecular formula is C26H22N2O4. The Balaban J connectivity index is 1.54. The Hall–Kier alpha value is -4.19. The van der Waals surface area contributed by atoms with Gasteiger partial charge in [0.05, 0.1) is 12.2 Å². The number of esters is 1. The summed E-state index contributed by atoms with van der Waals surface area (Å²) in [6.45, 7) is 2.09. The summed E-state index contributed by atoms with van der Waals surface area (Å²) in [5.74, 6) is -0.733. The van der Waals surface area contributed by atoms with Gasteiger partial charge in [0, 0.05) is 33.9 Å². The lowest BCUT2D eigenvalue weighted by atomic mass is 10.0. The first-order valence-corrected chi connectivity index (χ1v) is 10.3. The second-order valence-electron chi connectivity index (χ2n) is 7.23. The average molecular weight is 426 g/mol. The van der Waals surface area contributed by atoms with Gasteiger partial charge in [-0.2, -0.15) is 0 Å². The van der Waals surface area contributed by atoms with E-state index in [2.05, 4.69) is 5.32 Å². The highest BCUT2D eigenvalue weighted by Gasteiger charge is 2.17. The predicted octanol–water partition coefficient (Wildman–Crippen LogP) is 4.69. The number of hydrogen-bond donors (Lipinski definition) is 1. The third-order valence-electron chi connectivity index (χ3n) is 5.06. The third-order valence-corrected chi connectivity index (χ3v) is 5.06. The molecule has 3 aromatic carbocycles. The maximum atomic E-state index is 13.0. The van der Waals surface area contributed by atoms with E-state index in [4.69, 9.17) is 4.74 Å². The number of para-hydroxylation sites is 1. The number of nitrogens with zero attached hydrogens (tertiary/aromatic N) is 1. The van der Waals surface area contributed by atoms with Crippen molar-refractivity contribution in [1.29, 1.82) is 0 Å². The Kier molecular flexibility index (Phi) is 6.12. The van der Waals surface area contributed by atoms with Gasteiger partial charge in [-0.1, -0.05) is 48.5 Å². The van der Waals surface area contributed by atoms with Crippen LogP contribution in [0.5, 0.6) is 0 Å². The van der Waals surface area contributed by atoms with Gasteiger partial charge in [-0.3, -0.25) is 9.59 Å². The molecule has 0 spiro atoms. The highest BCUT2D eigenvalue weighted by molar-refractivity contribution is 6.16. The fourth-order valence-corrected chi connectivity index (χ4v) is 3.56. The zero-order valence-electron chi connectivity index (χ0n) is 17.6. The van der Waals surface area contributed by atoms with Gasteiger partial charge >= 0.3 is 5.97 Å². The van der Waals surface area contributed by atoms with Gasteiger partial charge in [-0.15, -0.1) is 0 Å². The summed E-state index contributed by atoms with van der Waals surface area (Å²) in [5.41, 5.74) is 2.95. The van der Waals surface area contributed by atoms with E-state index in [1.54, 1.807) is 54.1 Å². The number of hydrogen-bond acceptors (Lipinski definition) is 4. The fraction of sp³-hybridized carbons (Fsp3) is 0.115. The quantitative estimate of drug-likeness (QED) is 0.344. The van der Waals surface area contributed by atoms with Crippen LogP contribution in [0.1, 0.15) is 33.2 Å². The van der Waals surface area contributed by atoms with Gasteiger partial charge in [-0.25, -0.2) is 4.79 Å². The van der Waals surface area contributed by atoms with Gasteiger partial charge in [0.15, 0.2) is 5.78 Å². The highest BCUT2D eigenvalue weighted by atomic mass is 16.5. The number of benzene rings is 3. The number of carbonyl (C=O) groups excluding carboxylic acids is 3. The molecule has 6 nitrogen and oxygen atoms in total. The van der Waals surface area contributed by atoms with Crippen LogP contribution in [0.25, 0.3) is 10.9 Å². The molecule has 0 atom stereocenters. The highest BCUT2D eigenvalue weighted by Crippen LogP contribution is 2.24. The van der Waals surface area contributed by atoms with E-state index in [9.17, 15) is 14.4 Å². The summed E-state index contributed by atoms with van der Waals surface area (Å²) in [7, 11) is 0. The maximum Gasteiger partial charge on any atom is 0.338 e. The molecule has 0 aliphatic rings. The van der Waals surface area contributed by atoms with Crippen LogP contribution >= 0.6 is 0 Å². The lowest BCUT2D eigenvalue weighted by molar-refractivity contribution is -0.116. The number of ketones is 1. The molecule has 0 saturated heterocycles. The number of aromatic nitrogens is 1. The van der Waals surface area contributed by atoms with Crippen LogP contribution in [0.3, 0.4) is 0 Å². The van der Waals surface area contributed by atoms with Gasteiger partial charge in [0.2, 0.25) is 5.91 Å². The number of amides is 1. The summed E-state index contributed by atoms with van der Waals surface area (Å²) in [6.07, 6.45) is 1.73. The van der Waals surface area contributed by atoms with Crippen LogP contribution in [-0.2, 0) is 16.1 Å². The second kappa shape index (κ2) is 9.31. The maximum absolute atomic E-state index is 13.0. The van der Waals surface area contributed by atoms with Crippen molar-refractivity contribution in [3.05, 3.63) is 102 Å². The van der Waals surface area contributed by atoms with E-state index < -0.39 is 5.97 Å². The molecule has 0 saturated carbocycles. The molecule has 0 aliphatic carbocycles. The Morgan fingerprint density at radius 2 is 1.53 bits per heavy atom. The molecule has 0 bridgehead atoms. The zero-order valence-corrected chi connectivity index (χ0v) is 17.6. The monoisotopic (exact) mass is 426 g/mol. The van der Waals surface area contributed by atoms with Crippen LogP contribution in [0.4, 0.5) is 5.69 Å². The van der Waals surface area contributed by atoms with E-state index in [0.29, 0.717) is 29.0 Å². The van der Waals surface area contributed by atoms with Crippen LogP contribution in [0.15, 0.2) is 85.1 Å². The molecule has 0 fully saturated rings. The van der Waals surface area contributed by atoms with Crippen molar-refractivity contribution in [3.63, 3.8) is 0 Å². The van der Waals surface area contributed by atoms with Crippen LogP contribution in [0.2, 0.25) is 0 Å². The minimum absolute atomic E-state index is 0.0439. The molecular weight excluding hydrogens is 404 g/mol. The van der Waals surface area contributed by atoms with Crippen molar-refractivity contribution in [2.45, 2.75) is 13.5 Å². The summed E-state index contributed by atoms with van der Waals surface area (Å²) >= 11 is 0. The zero-order chi connectivity index (χ0) is 22.5. The Bertz CT molecular complexity index is 1270. The second-order valence-corrected chi connectivity index (χ2v) is 7.23. The van der Waals surface area contributed by atoms with Crippen molar-refractivity contribution < 1.29 is 19.1 Å². The van der Waals surface area contributed by atoms with E-state index >= 15 is 0 Å². The molecule has 0 radical (unpaired) electrons. The first-order chi connectivity index (χ1) is 15.6. The Morgan fingerprint density at radius 3 is 2.25 bits per heavy atom. The molecule has 1 amide bonds. The number of ether oxygens (including phenoxy) is 1. The van der Waals surface area contributed by atoms with Crippen molar-refractivity contribution in [1.82, 2.24) is 4.57 Å². The molecule has 32 heavy (non-hydrogen) atoms. The summed E-state index contributed by atoms with van der Waals surface area (Å²) in [4.78, 5) is 37.5. The predicted molar refractivity (Wildman–Crippen MR) is 123 cm³/mol. The number of anilines is 1. The van der Waals surface area contributed by atoms with E-state index in [1.165, 1.54) is 0 Å². The number of rotatable bonds is 7. The van der Waals surface area contributed by atoms with E-state index in [1.807, 2.05) is 42.5 Å². The first kappa shape index (κ1) is 21.1. The molecule has 160 valence electrons. The van der Waals surface area contributed by atoms with Crippen LogP contribution in [-0.4, -0.2) is 28.8 Å². The first-order valence-electron chi connectivity index (χ1n) is 10.3. The molecule has 4 rings (SSSR count). The van der Waals surface area contributed by atoms with Crippen molar-refractivity contribution in [3.8, 4) is 0 Å². The average Bonchev–Trinajstić information content (AvgIpc) is 3.18. The smallest absolute Gasteiger partial charge is 0.338 e. The van der Waals surface area contributed by atoms with E-state index in [0.717, 1.165) is 10.9 Å². The van der Waals surface area contributed by atoms with E-state index in [-0.39, 0.29) is 18.2 Å². The van der Waals surface area contributed by atoms with Crippen LogP contribution < -0.4 is 5.32 Å². The lowest BCUT2D eigenvalue weighted by Gasteiger charge is -2.08. The SMILES string of the molecule is CCOC(=O)c1ccc(NC(=O)Cn2cc(C(=O)c3ccccc3)c3ccccc32)cc1. The normalized spacial score (nSPS) is 10.7. The molecule has 1 aromatic heterocycles. The lowest BCUT2D eigenvalue weighted by Crippen LogP contribution is -2.18. The van der Waals surface area contributed by atoms with Gasteiger partial charge in [-0.05, 0) is 37.3 Å². The minimum Gasteiger partial charge on any atom is -0.462 e. The van der Waals surface area contributed by atoms with Gasteiger partial charge in [0.1, 0.15) is 6.54 Å². The Labute approximate surface area is 185 Å². The fourth-order valence-electron chi connectivity index (χ4n) is 3.56. The van der Waals surface area contributed by atoms with Crippen molar-refractivity contribution in [2.24, 2.45) is 0 Å². The van der Waals surface area contributed by atoms with Gasteiger partial charge in [0.25, 0.3) is 0 Å². The Morgan fingerprint density at radius 1 is 0.844 bits per heavy atom. The molecule has 1 heterocycles. The largest absolute Gasteiger partial charge is 0.462 e. The summed E-state index contributed by atoms with van der Waals surface area (Å²) < 4.78 is 6.74. The third kappa shape index (κ3) is 4.44. The number of fused-ring (bicyclic) bond motifs is 1. The van der Waals surface area contributed by atoms with Crippen LogP contribution in [0, 0.1) is 0 Å². The topological polar surface area (TPSA) is 77.4 Å². The molecule has 0 aliphatic heterocycles. The summed E-state index contributed by atoms with van der Waals surface area (Å²) in [5, 5.41) is 3.63. The minimum atomic E-state index is -0.403. The number of carbonyl (C=O) groups is 3. The molecule has 1 N–H and O–H groups in total. The number of nitrogens with one attached hydrogen (secondary N) is 1. The molecule has 6 heteroatoms. The molecule has 0 unspecified atom stereocenters. The standard InChI is InChI=1S/C26H22N2O4/c1-2-32-26(31)19-12-14-20(15-13-19)27-24(29)17-28-16-22(21-10-6-7-11-23(21)28)25(30)18-8-4-3-5-9-18/h3-16H,2,17H2,1H3,(H,27,29).